The maximum absolute atomic E-state index is 13.1. The molecule has 0 saturated carbocycles. The molecule has 6 heteroatoms. The van der Waals surface area contributed by atoms with Crippen molar-refractivity contribution in [1.82, 2.24) is 10.2 Å². The zero-order chi connectivity index (χ0) is 17.8. The van der Waals surface area contributed by atoms with E-state index in [2.05, 4.69) is 10.2 Å². The average molecular weight is 362 g/mol. The van der Waals surface area contributed by atoms with Gasteiger partial charge in [-0.05, 0) is 29.5 Å². The molecule has 0 aliphatic rings. The summed E-state index contributed by atoms with van der Waals surface area (Å²) >= 11 is 1.23. The number of ketones is 1. The molecule has 0 saturated heterocycles. The van der Waals surface area contributed by atoms with Crippen LogP contribution >= 0.6 is 11.8 Å². The van der Waals surface area contributed by atoms with Crippen molar-refractivity contribution >= 4 is 17.5 Å². The van der Waals surface area contributed by atoms with Crippen molar-refractivity contribution in [2.75, 3.05) is 0 Å². The predicted molar refractivity (Wildman–Crippen MR) is 97.8 cm³/mol. The molecule has 128 valence electrons. The molecule has 4 aromatic rings. The van der Waals surface area contributed by atoms with E-state index in [4.69, 9.17) is 8.83 Å². The summed E-state index contributed by atoms with van der Waals surface area (Å²) in [7, 11) is 0. The Bertz CT molecular complexity index is 982. The topological polar surface area (TPSA) is 69.1 Å². The molecular formula is C20H14N2O3S. The van der Waals surface area contributed by atoms with Crippen LogP contribution in [0.15, 0.2) is 93.1 Å². The number of nitrogens with zero attached hydrogens (tertiary/aromatic N) is 2. The number of carbonyl (C=O) groups is 1. The number of benzene rings is 2. The third kappa shape index (κ3) is 3.45. The molecule has 2 aromatic heterocycles. The van der Waals surface area contributed by atoms with Gasteiger partial charge in [-0.2, -0.15) is 0 Å². The number of Topliss-reactive ketones (excluding diaryl/α,β-unsaturated/α-hetero) is 1. The van der Waals surface area contributed by atoms with E-state index in [1.165, 1.54) is 18.0 Å². The molecule has 0 spiro atoms. The van der Waals surface area contributed by atoms with Gasteiger partial charge in [-0.25, -0.2) is 0 Å². The molecule has 2 heterocycles. The zero-order valence-corrected chi connectivity index (χ0v) is 14.4. The fraction of sp³-hybridized carbons (Fsp3) is 0.0500. The minimum atomic E-state index is -0.483. The van der Waals surface area contributed by atoms with Crippen LogP contribution in [-0.2, 0) is 0 Å². The Morgan fingerprint density at radius 2 is 1.62 bits per heavy atom. The first-order valence-electron chi connectivity index (χ1n) is 7.99. The van der Waals surface area contributed by atoms with Gasteiger partial charge in [-0.3, -0.25) is 4.79 Å². The molecule has 0 aliphatic carbocycles. The van der Waals surface area contributed by atoms with Crippen LogP contribution in [0.5, 0.6) is 0 Å². The second-order valence-corrected chi connectivity index (χ2v) is 6.55. The number of carbonyl (C=O) groups excluding carboxylic acids is 1. The zero-order valence-electron chi connectivity index (χ0n) is 13.6. The second kappa shape index (κ2) is 7.41. The van der Waals surface area contributed by atoms with Crippen molar-refractivity contribution in [2.24, 2.45) is 0 Å². The number of thioether (sulfide) groups is 1. The Morgan fingerprint density at radius 3 is 2.31 bits per heavy atom. The molecular weight excluding hydrogens is 348 g/mol. The summed E-state index contributed by atoms with van der Waals surface area (Å²) in [5.41, 5.74) is 1.52. The van der Waals surface area contributed by atoms with Crippen LogP contribution in [0.2, 0.25) is 0 Å². The molecule has 0 fully saturated rings. The van der Waals surface area contributed by atoms with E-state index in [9.17, 15) is 4.79 Å². The van der Waals surface area contributed by atoms with Gasteiger partial charge in [0.1, 0.15) is 5.25 Å². The fourth-order valence-electron chi connectivity index (χ4n) is 2.51. The maximum Gasteiger partial charge on any atom is 0.284 e. The number of hydrogen-bond acceptors (Lipinski definition) is 6. The summed E-state index contributed by atoms with van der Waals surface area (Å²) in [6, 6.07) is 22.3. The quantitative estimate of drug-likeness (QED) is 0.353. The molecule has 0 N–H and O–H groups in total. The van der Waals surface area contributed by atoms with Crippen LogP contribution in [0.3, 0.4) is 0 Å². The Balaban J connectivity index is 1.65. The van der Waals surface area contributed by atoms with E-state index >= 15 is 0 Å². The third-order valence-corrected chi connectivity index (χ3v) is 4.84. The highest BCUT2D eigenvalue weighted by atomic mass is 32.2. The summed E-state index contributed by atoms with van der Waals surface area (Å²) in [4.78, 5) is 13.1. The lowest BCUT2D eigenvalue weighted by molar-refractivity contribution is 0.0989. The smallest absolute Gasteiger partial charge is 0.284 e. The summed E-state index contributed by atoms with van der Waals surface area (Å²) < 4.78 is 10.9. The Morgan fingerprint density at radius 1 is 0.885 bits per heavy atom. The third-order valence-electron chi connectivity index (χ3n) is 3.76. The van der Waals surface area contributed by atoms with Crippen LogP contribution in [0.4, 0.5) is 0 Å². The van der Waals surface area contributed by atoms with E-state index < -0.39 is 5.25 Å². The number of hydrogen-bond donors (Lipinski definition) is 0. The number of aromatic nitrogens is 2. The standard InChI is InChI=1S/C20H14N2O3S/c23-17(14-8-3-1-4-9-14)18(15-10-5-2-6-11-15)26-20-22-21-19(25-20)16-12-7-13-24-16/h1-13,18H/t18-/m0/s1. The van der Waals surface area contributed by atoms with E-state index in [1.807, 2.05) is 48.5 Å². The molecule has 2 aromatic carbocycles. The van der Waals surface area contributed by atoms with Crippen molar-refractivity contribution in [1.29, 1.82) is 0 Å². The Kier molecular flexibility index (Phi) is 4.66. The second-order valence-electron chi connectivity index (χ2n) is 5.49. The lowest BCUT2D eigenvalue weighted by atomic mass is 10.0. The summed E-state index contributed by atoms with van der Waals surface area (Å²) in [6.45, 7) is 0. The van der Waals surface area contributed by atoms with Crippen molar-refractivity contribution in [2.45, 2.75) is 10.5 Å². The van der Waals surface area contributed by atoms with Gasteiger partial charge >= 0.3 is 0 Å². The van der Waals surface area contributed by atoms with Gasteiger partial charge in [0, 0.05) is 5.56 Å². The number of furan rings is 1. The lowest BCUT2D eigenvalue weighted by Crippen LogP contribution is -2.10. The van der Waals surface area contributed by atoms with Crippen LogP contribution in [-0.4, -0.2) is 16.0 Å². The van der Waals surface area contributed by atoms with Crippen molar-refractivity contribution in [3.05, 3.63) is 90.2 Å². The Labute approximate surface area is 154 Å². The van der Waals surface area contributed by atoms with Crippen molar-refractivity contribution < 1.29 is 13.6 Å². The lowest BCUT2D eigenvalue weighted by Gasteiger charge is -2.13. The summed E-state index contributed by atoms with van der Waals surface area (Å²) in [5.74, 6) is 0.769. The van der Waals surface area contributed by atoms with Crippen LogP contribution < -0.4 is 0 Å². The minimum Gasteiger partial charge on any atom is -0.459 e. The van der Waals surface area contributed by atoms with Crippen LogP contribution in [0.1, 0.15) is 21.2 Å². The SMILES string of the molecule is O=C(c1ccccc1)[C@@H](Sc1nnc(-c2ccco2)o1)c1ccccc1. The van der Waals surface area contributed by atoms with Gasteiger partial charge in [-0.1, -0.05) is 60.7 Å². The molecule has 0 amide bonds. The van der Waals surface area contributed by atoms with Gasteiger partial charge in [0.15, 0.2) is 11.5 Å². The summed E-state index contributed by atoms with van der Waals surface area (Å²) in [5, 5.41) is 7.87. The molecule has 0 aliphatic heterocycles. The maximum atomic E-state index is 13.1. The Hall–Kier alpha value is -3.12. The molecule has 5 nitrogen and oxygen atoms in total. The first kappa shape index (κ1) is 16.4. The van der Waals surface area contributed by atoms with E-state index in [0.717, 1.165) is 5.56 Å². The minimum absolute atomic E-state index is 0.0143. The number of rotatable bonds is 6. The van der Waals surface area contributed by atoms with Gasteiger partial charge in [-0.15, -0.1) is 10.2 Å². The molecule has 4 rings (SSSR count). The van der Waals surface area contributed by atoms with Gasteiger partial charge in [0.25, 0.3) is 11.1 Å². The van der Waals surface area contributed by atoms with E-state index in [0.29, 0.717) is 16.5 Å². The van der Waals surface area contributed by atoms with E-state index in [-0.39, 0.29) is 11.7 Å². The average Bonchev–Trinajstić information content (AvgIpc) is 3.39. The van der Waals surface area contributed by atoms with Gasteiger partial charge < -0.3 is 8.83 Å². The highest BCUT2D eigenvalue weighted by molar-refractivity contribution is 8.00. The molecule has 0 radical (unpaired) electrons. The first-order chi connectivity index (χ1) is 12.8. The van der Waals surface area contributed by atoms with Gasteiger partial charge in [0.2, 0.25) is 0 Å². The van der Waals surface area contributed by atoms with E-state index in [1.54, 1.807) is 24.3 Å². The monoisotopic (exact) mass is 362 g/mol. The fourth-order valence-corrected chi connectivity index (χ4v) is 3.47. The predicted octanol–water partition coefficient (Wildman–Crippen LogP) is 5.05. The molecule has 0 bridgehead atoms. The van der Waals surface area contributed by atoms with Crippen molar-refractivity contribution in [3.8, 4) is 11.7 Å². The van der Waals surface area contributed by atoms with Crippen LogP contribution in [0, 0.1) is 0 Å². The molecule has 1 atom stereocenters. The summed E-state index contributed by atoms with van der Waals surface area (Å²) in [6.07, 6.45) is 1.54. The highest BCUT2D eigenvalue weighted by Gasteiger charge is 2.26. The molecule has 0 unspecified atom stereocenters. The first-order valence-corrected chi connectivity index (χ1v) is 8.87. The highest BCUT2D eigenvalue weighted by Crippen LogP contribution is 2.38. The normalized spacial score (nSPS) is 12.0. The largest absolute Gasteiger partial charge is 0.459 e. The molecule has 26 heavy (non-hydrogen) atoms. The van der Waals surface area contributed by atoms with Gasteiger partial charge in [0.05, 0.1) is 6.26 Å². The van der Waals surface area contributed by atoms with Crippen molar-refractivity contribution in [3.63, 3.8) is 0 Å². The van der Waals surface area contributed by atoms with Crippen LogP contribution in [0.25, 0.3) is 11.7 Å².